The lowest BCUT2D eigenvalue weighted by Crippen LogP contribution is -2.41. The van der Waals surface area contributed by atoms with Gasteiger partial charge >= 0.3 is 0 Å². The van der Waals surface area contributed by atoms with E-state index in [1.54, 1.807) is 12.4 Å². The Hall–Kier alpha value is -2.89. The molecule has 6 nitrogen and oxygen atoms in total. The normalized spacial score (nSPS) is 15.3. The lowest BCUT2D eigenvalue weighted by atomic mass is 9.96. The van der Waals surface area contributed by atoms with Crippen LogP contribution >= 0.6 is 0 Å². The fourth-order valence-corrected chi connectivity index (χ4v) is 3.59. The van der Waals surface area contributed by atoms with Gasteiger partial charge in [0.05, 0.1) is 11.0 Å². The molecular formula is C20H23N5O. The van der Waals surface area contributed by atoms with Crippen molar-refractivity contribution < 1.29 is 4.79 Å². The van der Waals surface area contributed by atoms with Gasteiger partial charge in [0.15, 0.2) is 0 Å². The molecule has 4 rings (SSSR count). The summed E-state index contributed by atoms with van der Waals surface area (Å²) < 4.78 is 2.14. The number of rotatable bonds is 4. The van der Waals surface area contributed by atoms with Crippen LogP contribution in [0.2, 0.25) is 0 Å². The Morgan fingerprint density at radius 2 is 1.88 bits per heavy atom. The summed E-state index contributed by atoms with van der Waals surface area (Å²) in [6.07, 6.45) is 5.20. The topological polar surface area (TPSA) is 63.1 Å². The summed E-state index contributed by atoms with van der Waals surface area (Å²) >= 11 is 0. The number of para-hydroxylation sites is 2. The maximum atomic E-state index is 12.5. The van der Waals surface area contributed by atoms with E-state index in [1.165, 1.54) is 0 Å². The minimum absolute atomic E-state index is 0.0720. The van der Waals surface area contributed by atoms with E-state index in [0.717, 1.165) is 48.5 Å². The maximum absolute atomic E-state index is 12.5. The molecule has 0 aliphatic carbocycles. The average Bonchev–Trinajstić information content (AvgIpc) is 3.04. The number of nitrogens with zero attached hydrogens (tertiary/aromatic N) is 4. The Morgan fingerprint density at radius 1 is 1.15 bits per heavy atom. The molecule has 0 atom stereocenters. The van der Waals surface area contributed by atoms with Gasteiger partial charge < -0.3 is 14.8 Å². The van der Waals surface area contributed by atoms with E-state index in [4.69, 9.17) is 4.98 Å². The van der Waals surface area contributed by atoms with Gasteiger partial charge in [0.1, 0.15) is 0 Å². The molecule has 0 saturated carbocycles. The SMILES string of the molecule is Cn1c(N2CCC(C(=O)NCc3ccncc3)CC2)nc2ccccc21. The lowest BCUT2D eigenvalue weighted by molar-refractivity contribution is -0.125. The Kier molecular flexibility index (Phi) is 4.56. The maximum Gasteiger partial charge on any atom is 0.223 e. The van der Waals surface area contributed by atoms with Crippen LogP contribution in [0, 0.1) is 5.92 Å². The van der Waals surface area contributed by atoms with Crippen molar-refractivity contribution in [2.24, 2.45) is 13.0 Å². The van der Waals surface area contributed by atoms with Crippen molar-refractivity contribution in [2.45, 2.75) is 19.4 Å². The molecule has 1 aromatic carbocycles. The number of pyridine rings is 1. The van der Waals surface area contributed by atoms with Gasteiger partial charge in [-0.1, -0.05) is 12.1 Å². The van der Waals surface area contributed by atoms with Crippen LogP contribution in [-0.4, -0.2) is 33.5 Å². The van der Waals surface area contributed by atoms with Crippen molar-refractivity contribution in [1.29, 1.82) is 0 Å². The zero-order valence-corrected chi connectivity index (χ0v) is 14.9. The molecule has 1 amide bonds. The summed E-state index contributed by atoms with van der Waals surface area (Å²) in [5.74, 6) is 1.20. The van der Waals surface area contributed by atoms with Gasteiger partial charge in [0.25, 0.3) is 0 Å². The van der Waals surface area contributed by atoms with E-state index in [9.17, 15) is 4.79 Å². The predicted octanol–water partition coefficient (Wildman–Crippen LogP) is 2.50. The van der Waals surface area contributed by atoms with Crippen LogP contribution in [0.4, 0.5) is 5.95 Å². The summed E-state index contributed by atoms with van der Waals surface area (Å²) in [4.78, 5) is 23.5. The summed E-state index contributed by atoms with van der Waals surface area (Å²) in [6, 6.07) is 12.0. The summed E-state index contributed by atoms with van der Waals surface area (Å²) in [7, 11) is 2.05. The largest absolute Gasteiger partial charge is 0.352 e. The number of fused-ring (bicyclic) bond motifs is 1. The van der Waals surface area contributed by atoms with Crippen molar-refractivity contribution in [3.8, 4) is 0 Å². The lowest BCUT2D eigenvalue weighted by Gasteiger charge is -2.32. The van der Waals surface area contributed by atoms with Crippen LogP contribution in [0.25, 0.3) is 11.0 Å². The number of imidazole rings is 1. The molecule has 2 aromatic heterocycles. The highest BCUT2D eigenvalue weighted by Gasteiger charge is 2.27. The molecule has 1 fully saturated rings. The number of carbonyl (C=O) groups excluding carboxylic acids is 1. The Labute approximate surface area is 152 Å². The van der Waals surface area contributed by atoms with Gasteiger partial charge in [-0.05, 0) is 42.7 Å². The Bertz CT molecular complexity index is 897. The number of nitrogens with one attached hydrogen (secondary N) is 1. The zero-order valence-electron chi connectivity index (χ0n) is 14.9. The molecule has 0 bridgehead atoms. The van der Waals surface area contributed by atoms with E-state index in [0.29, 0.717) is 6.54 Å². The Balaban J connectivity index is 1.36. The highest BCUT2D eigenvalue weighted by atomic mass is 16.1. The van der Waals surface area contributed by atoms with E-state index < -0.39 is 0 Å². The molecule has 1 aliphatic rings. The minimum Gasteiger partial charge on any atom is -0.352 e. The smallest absolute Gasteiger partial charge is 0.223 e. The summed E-state index contributed by atoms with van der Waals surface area (Å²) in [5, 5.41) is 3.05. The standard InChI is InChI=1S/C20H23N5O/c1-24-18-5-3-2-4-17(18)23-20(24)25-12-8-16(9-13-25)19(26)22-14-15-6-10-21-11-7-15/h2-7,10-11,16H,8-9,12-14H2,1H3,(H,22,26). The van der Waals surface area contributed by atoms with Gasteiger partial charge in [-0.15, -0.1) is 0 Å². The molecule has 1 N–H and O–H groups in total. The molecule has 0 radical (unpaired) electrons. The predicted molar refractivity (Wildman–Crippen MR) is 102 cm³/mol. The zero-order chi connectivity index (χ0) is 17.9. The quantitative estimate of drug-likeness (QED) is 0.786. The Morgan fingerprint density at radius 3 is 2.62 bits per heavy atom. The number of hydrogen-bond acceptors (Lipinski definition) is 4. The number of aryl methyl sites for hydroxylation is 1. The van der Waals surface area contributed by atoms with Crippen molar-refractivity contribution >= 4 is 22.9 Å². The fraction of sp³-hybridized carbons (Fsp3) is 0.350. The first-order chi connectivity index (χ1) is 12.7. The highest BCUT2D eigenvalue weighted by molar-refractivity contribution is 5.80. The number of benzene rings is 1. The van der Waals surface area contributed by atoms with Crippen molar-refractivity contribution in [1.82, 2.24) is 19.9 Å². The van der Waals surface area contributed by atoms with Crippen LogP contribution in [0.1, 0.15) is 18.4 Å². The summed E-state index contributed by atoms with van der Waals surface area (Å²) in [5.41, 5.74) is 3.23. The number of anilines is 1. The molecule has 6 heteroatoms. The van der Waals surface area contributed by atoms with Crippen LogP contribution in [0.15, 0.2) is 48.8 Å². The molecule has 0 unspecified atom stereocenters. The molecule has 1 saturated heterocycles. The monoisotopic (exact) mass is 349 g/mol. The second kappa shape index (κ2) is 7.15. The van der Waals surface area contributed by atoms with E-state index in [2.05, 4.69) is 32.9 Å². The molecule has 3 aromatic rings. The molecule has 1 aliphatic heterocycles. The second-order valence-corrected chi connectivity index (χ2v) is 6.79. The summed E-state index contributed by atoms with van der Waals surface area (Å²) in [6.45, 7) is 2.27. The van der Waals surface area contributed by atoms with E-state index in [1.807, 2.05) is 30.3 Å². The molecule has 134 valence electrons. The first-order valence-electron chi connectivity index (χ1n) is 9.05. The number of hydrogen-bond donors (Lipinski definition) is 1. The molecule has 0 spiro atoms. The molecular weight excluding hydrogens is 326 g/mol. The van der Waals surface area contributed by atoms with Crippen LogP contribution in [0.5, 0.6) is 0 Å². The highest BCUT2D eigenvalue weighted by Crippen LogP contribution is 2.26. The van der Waals surface area contributed by atoms with Crippen LogP contribution in [0.3, 0.4) is 0 Å². The van der Waals surface area contributed by atoms with Crippen molar-refractivity contribution in [2.75, 3.05) is 18.0 Å². The van der Waals surface area contributed by atoms with Gasteiger partial charge in [0, 0.05) is 45.0 Å². The average molecular weight is 349 g/mol. The van der Waals surface area contributed by atoms with Gasteiger partial charge in [-0.3, -0.25) is 9.78 Å². The third kappa shape index (κ3) is 3.27. The number of amides is 1. The van der Waals surface area contributed by atoms with Crippen molar-refractivity contribution in [3.63, 3.8) is 0 Å². The minimum atomic E-state index is 0.0720. The third-order valence-corrected chi connectivity index (χ3v) is 5.13. The molecule has 26 heavy (non-hydrogen) atoms. The van der Waals surface area contributed by atoms with E-state index in [-0.39, 0.29) is 11.8 Å². The van der Waals surface area contributed by atoms with E-state index >= 15 is 0 Å². The third-order valence-electron chi connectivity index (χ3n) is 5.13. The van der Waals surface area contributed by atoms with Gasteiger partial charge in [0.2, 0.25) is 11.9 Å². The number of aromatic nitrogens is 3. The van der Waals surface area contributed by atoms with Gasteiger partial charge in [-0.2, -0.15) is 0 Å². The van der Waals surface area contributed by atoms with Gasteiger partial charge in [-0.25, -0.2) is 4.98 Å². The van der Waals surface area contributed by atoms with Crippen molar-refractivity contribution in [3.05, 3.63) is 54.4 Å². The second-order valence-electron chi connectivity index (χ2n) is 6.79. The number of carbonyl (C=O) groups is 1. The van der Waals surface area contributed by atoms with Crippen LogP contribution in [-0.2, 0) is 18.4 Å². The first kappa shape index (κ1) is 16.6. The van der Waals surface area contributed by atoms with Crippen LogP contribution < -0.4 is 10.2 Å². The molecule has 3 heterocycles. The first-order valence-corrected chi connectivity index (χ1v) is 9.05. The number of piperidine rings is 1. The fourth-order valence-electron chi connectivity index (χ4n) is 3.59.